The number of benzene rings is 1. The van der Waals surface area contributed by atoms with Crippen LogP contribution >= 0.6 is 15.9 Å². The first-order valence-corrected chi connectivity index (χ1v) is 9.32. The zero-order valence-electron chi connectivity index (χ0n) is 15.2. The third kappa shape index (κ3) is 4.32. The lowest BCUT2D eigenvalue weighted by atomic mass is 10.1. The van der Waals surface area contributed by atoms with Gasteiger partial charge < -0.3 is 5.11 Å². The molecule has 0 radical (unpaired) electrons. The van der Waals surface area contributed by atoms with Crippen molar-refractivity contribution in [2.24, 2.45) is 5.10 Å². The summed E-state index contributed by atoms with van der Waals surface area (Å²) in [6.07, 6.45) is 4.44. The number of carbonyl (C=O) groups excluding carboxylic acids is 1. The molecule has 0 saturated carbocycles. The molecule has 0 bridgehead atoms. The summed E-state index contributed by atoms with van der Waals surface area (Å²) in [5, 5.41) is 14.3. The number of rotatable bonds is 5. The van der Waals surface area contributed by atoms with E-state index in [1.54, 1.807) is 24.3 Å². The van der Waals surface area contributed by atoms with Crippen LogP contribution in [0.15, 0.2) is 61.9 Å². The Morgan fingerprint density at radius 2 is 2.17 bits per heavy atom. The van der Waals surface area contributed by atoms with Crippen molar-refractivity contribution in [3.63, 3.8) is 0 Å². The van der Waals surface area contributed by atoms with E-state index in [4.69, 9.17) is 0 Å². The maximum Gasteiger partial charge on any atom is 0.335 e. The molecule has 0 aliphatic carbocycles. The van der Waals surface area contributed by atoms with Crippen LogP contribution < -0.4 is 16.7 Å². The lowest BCUT2D eigenvalue weighted by Gasteiger charge is -2.13. The molecule has 3 N–H and O–H groups in total. The Kier molecular flexibility index (Phi) is 6.03. The highest BCUT2D eigenvalue weighted by Gasteiger charge is 2.16. The summed E-state index contributed by atoms with van der Waals surface area (Å²) in [7, 11) is 0. The van der Waals surface area contributed by atoms with Gasteiger partial charge in [0.1, 0.15) is 5.56 Å². The van der Waals surface area contributed by atoms with Gasteiger partial charge in [-0.05, 0) is 42.3 Å². The maximum absolute atomic E-state index is 12.3. The molecule has 2 heterocycles. The van der Waals surface area contributed by atoms with E-state index in [1.165, 1.54) is 12.4 Å². The van der Waals surface area contributed by atoms with Gasteiger partial charge in [0, 0.05) is 16.9 Å². The summed E-state index contributed by atoms with van der Waals surface area (Å²) in [5.74, 6) is -1.13. The van der Waals surface area contributed by atoms with Gasteiger partial charge in [0.15, 0.2) is 0 Å². The van der Waals surface area contributed by atoms with Crippen molar-refractivity contribution < 1.29 is 9.90 Å². The number of hydrogen-bond donors (Lipinski definition) is 3. The van der Waals surface area contributed by atoms with E-state index in [9.17, 15) is 19.5 Å². The first-order chi connectivity index (χ1) is 13.9. The zero-order valence-corrected chi connectivity index (χ0v) is 16.8. The standard InChI is InChI=1S/C19H16BrN5O4/c1-2-11-8-13(20)5-6-15(11)25-18(28)14(17(27)23-19(25)29)10-22-24-16(26)12-4-3-7-21-9-12/h3-10,28H,2H2,1H3,(H,24,26)(H,23,27,29)/b22-10+. The number of pyridine rings is 1. The Morgan fingerprint density at radius 3 is 2.86 bits per heavy atom. The van der Waals surface area contributed by atoms with Gasteiger partial charge in [0.2, 0.25) is 5.88 Å². The van der Waals surface area contributed by atoms with Crippen LogP contribution in [-0.4, -0.2) is 31.8 Å². The number of aromatic amines is 1. The average molecular weight is 458 g/mol. The molecule has 0 spiro atoms. The van der Waals surface area contributed by atoms with Crippen molar-refractivity contribution in [3.8, 4) is 11.6 Å². The van der Waals surface area contributed by atoms with E-state index in [2.05, 4.69) is 36.4 Å². The number of hydrogen-bond acceptors (Lipinski definition) is 6. The quantitative estimate of drug-likeness (QED) is 0.396. The molecule has 10 heteroatoms. The minimum Gasteiger partial charge on any atom is -0.493 e. The molecule has 9 nitrogen and oxygen atoms in total. The molecule has 3 rings (SSSR count). The molecule has 0 aliphatic heterocycles. The second-order valence-corrected chi connectivity index (χ2v) is 6.82. The lowest BCUT2D eigenvalue weighted by molar-refractivity contribution is 0.0954. The predicted octanol–water partition coefficient (Wildman–Crippen LogP) is 1.72. The summed E-state index contributed by atoms with van der Waals surface area (Å²) in [6, 6.07) is 8.31. The lowest BCUT2D eigenvalue weighted by Crippen LogP contribution is -2.32. The largest absolute Gasteiger partial charge is 0.493 e. The molecule has 0 saturated heterocycles. The van der Waals surface area contributed by atoms with Gasteiger partial charge in [0.05, 0.1) is 17.5 Å². The van der Waals surface area contributed by atoms with Gasteiger partial charge in [-0.15, -0.1) is 0 Å². The first-order valence-electron chi connectivity index (χ1n) is 8.53. The van der Waals surface area contributed by atoms with E-state index in [0.717, 1.165) is 20.8 Å². The molecular formula is C19H16BrN5O4. The van der Waals surface area contributed by atoms with Crippen molar-refractivity contribution in [2.45, 2.75) is 13.3 Å². The molecule has 1 aromatic carbocycles. The number of aryl methyl sites for hydroxylation is 1. The zero-order chi connectivity index (χ0) is 21.0. The van der Waals surface area contributed by atoms with E-state index in [1.807, 2.05) is 13.0 Å². The Labute approximate surface area is 172 Å². The number of amides is 1. The summed E-state index contributed by atoms with van der Waals surface area (Å²) in [4.78, 5) is 42.5. The molecular weight excluding hydrogens is 442 g/mol. The van der Waals surface area contributed by atoms with Crippen molar-refractivity contribution in [1.29, 1.82) is 0 Å². The summed E-state index contributed by atoms with van der Waals surface area (Å²) in [6.45, 7) is 1.90. The fourth-order valence-corrected chi connectivity index (χ4v) is 3.06. The topological polar surface area (TPSA) is 129 Å². The Bertz CT molecular complexity index is 1200. The third-order valence-corrected chi connectivity index (χ3v) is 4.56. The van der Waals surface area contributed by atoms with Gasteiger partial charge in [-0.2, -0.15) is 5.10 Å². The number of hydrazone groups is 1. The van der Waals surface area contributed by atoms with E-state index in [-0.39, 0.29) is 11.1 Å². The van der Waals surface area contributed by atoms with Crippen molar-refractivity contribution in [1.82, 2.24) is 20.0 Å². The maximum atomic E-state index is 12.3. The molecule has 29 heavy (non-hydrogen) atoms. The van der Waals surface area contributed by atoms with Crippen molar-refractivity contribution >= 4 is 28.1 Å². The minimum atomic E-state index is -0.835. The second-order valence-electron chi connectivity index (χ2n) is 5.90. The number of aromatic nitrogens is 3. The van der Waals surface area contributed by atoms with Gasteiger partial charge in [-0.1, -0.05) is 22.9 Å². The van der Waals surface area contributed by atoms with Crippen LogP contribution in [0.25, 0.3) is 5.69 Å². The summed E-state index contributed by atoms with van der Waals surface area (Å²) < 4.78 is 1.80. The second kappa shape index (κ2) is 8.65. The highest BCUT2D eigenvalue weighted by Crippen LogP contribution is 2.23. The smallest absolute Gasteiger partial charge is 0.335 e. The summed E-state index contributed by atoms with van der Waals surface area (Å²) >= 11 is 3.37. The number of H-pyrrole nitrogens is 1. The predicted molar refractivity (Wildman–Crippen MR) is 111 cm³/mol. The minimum absolute atomic E-state index is 0.273. The molecule has 0 atom stereocenters. The molecule has 148 valence electrons. The number of carbonyl (C=O) groups is 1. The third-order valence-electron chi connectivity index (χ3n) is 4.07. The van der Waals surface area contributed by atoms with Crippen LogP contribution in [0.4, 0.5) is 0 Å². The molecule has 0 fully saturated rings. The normalized spacial score (nSPS) is 11.0. The highest BCUT2D eigenvalue weighted by molar-refractivity contribution is 9.10. The first kappa shape index (κ1) is 20.2. The van der Waals surface area contributed by atoms with E-state index < -0.39 is 23.0 Å². The molecule has 1 amide bonds. The molecule has 2 aromatic heterocycles. The number of nitrogens with one attached hydrogen (secondary N) is 2. The fourth-order valence-electron chi connectivity index (χ4n) is 2.65. The van der Waals surface area contributed by atoms with Crippen LogP contribution in [0.5, 0.6) is 5.88 Å². The van der Waals surface area contributed by atoms with E-state index >= 15 is 0 Å². The fraction of sp³-hybridized carbons (Fsp3) is 0.105. The SMILES string of the molecule is CCc1cc(Br)ccc1-n1c(O)c(/C=N/NC(=O)c2cccnc2)c(=O)[nH]c1=O. The molecule has 3 aromatic rings. The van der Waals surface area contributed by atoms with E-state index in [0.29, 0.717) is 12.1 Å². The Balaban J connectivity index is 1.99. The monoisotopic (exact) mass is 457 g/mol. The van der Waals surface area contributed by atoms with Crippen LogP contribution in [0.2, 0.25) is 0 Å². The van der Waals surface area contributed by atoms with Crippen LogP contribution in [0.3, 0.4) is 0 Å². The van der Waals surface area contributed by atoms with Crippen molar-refractivity contribution in [2.75, 3.05) is 0 Å². The van der Waals surface area contributed by atoms with Crippen molar-refractivity contribution in [3.05, 3.63) is 84.7 Å². The average Bonchev–Trinajstić information content (AvgIpc) is 2.71. The van der Waals surface area contributed by atoms with Gasteiger partial charge in [0.25, 0.3) is 11.5 Å². The molecule has 0 aliphatic rings. The Hall–Kier alpha value is -3.53. The van der Waals surface area contributed by atoms with Crippen LogP contribution in [0, 0.1) is 0 Å². The van der Waals surface area contributed by atoms with Gasteiger partial charge in [-0.3, -0.25) is 19.6 Å². The van der Waals surface area contributed by atoms with Gasteiger partial charge in [-0.25, -0.2) is 14.8 Å². The number of halogens is 1. The highest BCUT2D eigenvalue weighted by atomic mass is 79.9. The summed E-state index contributed by atoms with van der Waals surface area (Å²) in [5.41, 5.74) is 1.80. The number of aromatic hydroxyl groups is 1. The van der Waals surface area contributed by atoms with Crippen LogP contribution in [-0.2, 0) is 6.42 Å². The molecule has 0 unspecified atom stereocenters. The van der Waals surface area contributed by atoms with Gasteiger partial charge >= 0.3 is 5.69 Å². The number of nitrogens with zero attached hydrogens (tertiary/aromatic N) is 3. The van der Waals surface area contributed by atoms with Crippen LogP contribution in [0.1, 0.15) is 28.4 Å². The Morgan fingerprint density at radius 1 is 1.38 bits per heavy atom.